The van der Waals surface area contributed by atoms with E-state index in [1.807, 2.05) is 95.9 Å². The maximum absolute atomic E-state index is 9.57. The number of benzene rings is 3. The van der Waals surface area contributed by atoms with Crippen molar-refractivity contribution in [2.24, 2.45) is 10.3 Å². The Bertz CT molecular complexity index is 837. The summed E-state index contributed by atoms with van der Waals surface area (Å²) in [5.41, 5.74) is 3.67. The number of para-hydroxylation sites is 1. The van der Waals surface area contributed by atoms with E-state index in [0.29, 0.717) is 24.5 Å². The number of nitrogens with zero attached hydrogens (tertiary/aromatic N) is 3. The van der Waals surface area contributed by atoms with Crippen LogP contribution in [0.25, 0.3) is 0 Å². The summed E-state index contributed by atoms with van der Waals surface area (Å²) in [6.07, 6.45) is 0. The lowest BCUT2D eigenvalue weighted by atomic mass is 10.1. The fourth-order valence-corrected chi connectivity index (χ4v) is 2.86. The lowest BCUT2D eigenvalue weighted by Crippen LogP contribution is -2.35. The van der Waals surface area contributed by atoms with Crippen LogP contribution in [0.1, 0.15) is 11.1 Å². The van der Waals surface area contributed by atoms with E-state index < -0.39 is 0 Å². The van der Waals surface area contributed by atoms with Crippen LogP contribution in [0.3, 0.4) is 0 Å². The lowest BCUT2D eigenvalue weighted by Gasteiger charge is -2.25. The predicted octanol–water partition coefficient (Wildman–Crippen LogP) is 4.25. The van der Waals surface area contributed by atoms with Gasteiger partial charge < -0.3 is 15.3 Å². The molecule has 0 aliphatic heterocycles. The van der Waals surface area contributed by atoms with E-state index in [-0.39, 0.29) is 0 Å². The predicted molar refractivity (Wildman–Crippen MR) is 108 cm³/mol. The topological polar surface area (TPSA) is 68.4 Å². The second kappa shape index (κ2) is 9.20. The van der Waals surface area contributed by atoms with Gasteiger partial charge in [-0.05, 0) is 12.1 Å². The van der Waals surface area contributed by atoms with Gasteiger partial charge in [-0.2, -0.15) is 0 Å². The zero-order valence-electron chi connectivity index (χ0n) is 14.8. The van der Waals surface area contributed by atoms with Gasteiger partial charge in [-0.3, -0.25) is 0 Å². The highest BCUT2D eigenvalue weighted by Crippen LogP contribution is 2.16. The Morgan fingerprint density at radius 2 is 0.963 bits per heavy atom. The Hall–Kier alpha value is -3.60. The van der Waals surface area contributed by atoms with Crippen LogP contribution in [0.5, 0.6) is 0 Å². The maximum Gasteiger partial charge on any atom is 0.106 e. The summed E-state index contributed by atoms with van der Waals surface area (Å²) in [4.78, 5) is 2.00. The van der Waals surface area contributed by atoms with Crippen molar-refractivity contribution in [3.05, 3.63) is 102 Å². The summed E-state index contributed by atoms with van der Waals surface area (Å²) >= 11 is 0. The molecule has 0 saturated carbocycles. The monoisotopic (exact) mass is 359 g/mol. The molecule has 0 unspecified atom stereocenters. The molecule has 3 rings (SSSR count). The van der Waals surface area contributed by atoms with Crippen LogP contribution in [0, 0.1) is 0 Å². The molecule has 3 aromatic rings. The smallest absolute Gasteiger partial charge is 0.106 e. The number of hydrogen-bond donors (Lipinski definition) is 2. The van der Waals surface area contributed by atoms with E-state index in [1.165, 1.54) is 0 Å². The van der Waals surface area contributed by atoms with Crippen LogP contribution < -0.4 is 4.90 Å². The summed E-state index contributed by atoms with van der Waals surface area (Å²) < 4.78 is 0. The molecule has 0 heterocycles. The molecule has 0 radical (unpaired) electrons. The van der Waals surface area contributed by atoms with Crippen molar-refractivity contribution in [1.29, 1.82) is 0 Å². The Morgan fingerprint density at radius 1 is 0.593 bits per heavy atom. The summed E-state index contributed by atoms with van der Waals surface area (Å²) in [5.74, 6) is 0. The molecular weight excluding hydrogens is 338 g/mol. The van der Waals surface area contributed by atoms with E-state index >= 15 is 0 Å². The second-order valence-corrected chi connectivity index (χ2v) is 6.02. The van der Waals surface area contributed by atoms with Gasteiger partial charge in [0.05, 0.1) is 13.1 Å². The summed E-state index contributed by atoms with van der Waals surface area (Å²) in [5, 5.41) is 26.1. The van der Waals surface area contributed by atoms with E-state index in [1.54, 1.807) is 0 Å². The van der Waals surface area contributed by atoms with Crippen molar-refractivity contribution in [1.82, 2.24) is 0 Å². The highest BCUT2D eigenvalue weighted by atomic mass is 16.4. The zero-order valence-corrected chi connectivity index (χ0v) is 14.8. The molecule has 0 atom stereocenters. The van der Waals surface area contributed by atoms with Crippen LogP contribution in [-0.4, -0.2) is 34.9 Å². The van der Waals surface area contributed by atoms with Gasteiger partial charge in [-0.1, -0.05) is 89.2 Å². The first kappa shape index (κ1) is 18.2. The van der Waals surface area contributed by atoms with E-state index in [2.05, 4.69) is 10.3 Å². The van der Waals surface area contributed by atoms with E-state index in [0.717, 1.165) is 16.8 Å². The molecule has 3 aromatic carbocycles. The first-order valence-electron chi connectivity index (χ1n) is 8.64. The van der Waals surface area contributed by atoms with Gasteiger partial charge in [0, 0.05) is 16.8 Å². The highest BCUT2D eigenvalue weighted by molar-refractivity contribution is 6.06. The first-order chi connectivity index (χ1) is 13.3. The third-order valence-electron chi connectivity index (χ3n) is 4.26. The minimum Gasteiger partial charge on any atom is -0.411 e. The molecular formula is C22H21N3O2. The van der Waals surface area contributed by atoms with Gasteiger partial charge in [-0.25, -0.2) is 0 Å². The van der Waals surface area contributed by atoms with E-state index in [4.69, 9.17) is 0 Å². The first-order valence-corrected chi connectivity index (χ1v) is 8.64. The minimum absolute atomic E-state index is 0.358. The van der Waals surface area contributed by atoms with Gasteiger partial charge in [0.2, 0.25) is 0 Å². The second-order valence-electron chi connectivity index (χ2n) is 6.02. The third kappa shape index (κ3) is 4.73. The van der Waals surface area contributed by atoms with Crippen molar-refractivity contribution < 1.29 is 10.4 Å². The van der Waals surface area contributed by atoms with Crippen molar-refractivity contribution in [2.75, 3.05) is 18.0 Å². The van der Waals surface area contributed by atoms with Crippen LogP contribution in [0.2, 0.25) is 0 Å². The Morgan fingerprint density at radius 3 is 1.33 bits per heavy atom. The molecule has 27 heavy (non-hydrogen) atoms. The van der Waals surface area contributed by atoms with Crippen LogP contribution in [0.4, 0.5) is 5.69 Å². The molecule has 5 nitrogen and oxygen atoms in total. The normalized spacial score (nSPS) is 12.0. The number of rotatable bonds is 7. The van der Waals surface area contributed by atoms with Gasteiger partial charge in [0.15, 0.2) is 0 Å². The molecule has 0 bridgehead atoms. The van der Waals surface area contributed by atoms with Crippen LogP contribution >= 0.6 is 0 Å². The number of oxime groups is 2. The van der Waals surface area contributed by atoms with Crippen molar-refractivity contribution >= 4 is 17.1 Å². The fourth-order valence-electron chi connectivity index (χ4n) is 2.86. The molecule has 0 aliphatic carbocycles. The minimum atomic E-state index is 0.358. The van der Waals surface area contributed by atoms with Gasteiger partial charge >= 0.3 is 0 Å². The molecule has 0 aliphatic rings. The fraction of sp³-hybridized carbons (Fsp3) is 0.0909. The SMILES string of the molecule is O/N=C(\CN(C/C(=N\O)c1ccccc1)c1ccccc1)c1ccccc1. The average Bonchev–Trinajstić information content (AvgIpc) is 2.76. The molecule has 0 amide bonds. The molecule has 136 valence electrons. The molecule has 0 aromatic heterocycles. The van der Waals surface area contributed by atoms with Crippen LogP contribution in [0.15, 0.2) is 101 Å². The Balaban J connectivity index is 1.90. The van der Waals surface area contributed by atoms with Crippen molar-refractivity contribution in [3.63, 3.8) is 0 Å². The lowest BCUT2D eigenvalue weighted by molar-refractivity contribution is 0.318. The summed E-state index contributed by atoms with van der Waals surface area (Å²) in [6, 6.07) is 28.8. The third-order valence-corrected chi connectivity index (χ3v) is 4.26. The molecule has 2 N–H and O–H groups in total. The highest BCUT2D eigenvalue weighted by Gasteiger charge is 2.16. The molecule has 5 heteroatoms. The average molecular weight is 359 g/mol. The summed E-state index contributed by atoms with van der Waals surface area (Å²) in [6.45, 7) is 0.715. The Kier molecular flexibility index (Phi) is 6.20. The maximum atomic E-state index is 9.57. The summed E-state index contributed by atoms with van der Waals surface area (Å²) in [7, 11) is 0. The van der Waals surface area contributed by atoms with Gasteiger partial charge in [0.25, 0.3) is 0 Å². The zero-order chi connectivity index (χ0) is 18.9. The standard InChI is InChI=1S/C22H21N3O2/c26-23-21(18-10-4-1-5-11-18)16-25(20-14-8-3-9-15-20)17-22(24-27)19-12-6-2-7-13-19/h1-15,26-27H,16-17H2/b23-21+,24-22+. The van der Waals surface area contributed by atoms with Crippen LogP contribution in [-0.2, 0) is 0 Å². The Labute approximate surface area is 158 Å². The van der Waals surface area contributed by atoms with Crippen molar-refractivity contribution in [2.45, 2.75) is 0 Å². The molecule has 0 saturated heterocycles. The molecule has 0 fully saturated rings. The largest absolute Gasteiger partial charge is 0.411 e. The quantitative estimate of drug-likeness (QED) is 0.376. The van der Waals surface area contributed by atoms with Gasteiger partial charge in [0.1, 0.15) is 11.4 Å². The molecule has 0 spiro atoms. The van der Waals surface area contributed by atoms with E-state index in [9.17, 15) is 10.4 Å². The van der Waals surface area contributed by atoms with Gasteiger partial charge in [-0.15, -0.1) is 0 Å². The number of hydrogen-bond acceptors (Lipinski definition) is 5. The van der Waals surface area contributed by atoms with Crippen molar-refractivity contribution in [3.8, 4) is 0 Å². The number of anilines is 1.